The van der Waals surface area contributed by atoms with Crippen molar-refractivity contribution in [1.29, 1.82) is 0 Å². The molecule has 2 rings (SSSR count). The van der Waals surface area contributed by atoms with E-state index in [-0.39, 0.29) is 0 Å². The first kappa shape index (κ1) is 9.42. The molecule has 0 aliphatic rings. The molecule has 6 heteroatoms. The summed E-state index contributed by atoms with van der Waals surface area (Å²) in [7, 11) is 3.95. The topological polar surface area (TPSA) is 55.0 Å². The molecule has 0 atom stereocenters. The molecule has 0 fully saturated rings. The number of anilines is 2. The van der Waals surface area contributed by atoms with Gasteiger partial charge in [-0.25, -0.2) is 9.97 Å². The number of nitrogens with two attached hydrogens (primary N) is 1. The number of hydrogen-bond acceptors (Lipinski definition) is 6. The van der Waals surface area contributed by atoms with Crippen LogP contribution in [-0.2, 0) is 0 Å². The Bertz CT molecular complexity index is 432. The molecule has 0 aliphatic carbocycles. The largest absolute Gasteiger partial charge is 0.375 e. The lowest BCUT2D eigenvalue weighted by Gasteiger charge is -2.05. The van der Waals surface area contributed by atoms with E-state index < -0.39 is 0 Å². The lowest BCUT2D eigenvalue weighted by molar-refractivity contribution is 1.11. The van der Waals surface area contributed by atoms with Crippen molar-refractivity contribution in [2.24, 2.45) is 0 Å². The van der Waals surface area contributed by atoms with Gasteiger partial charge < -0.3 is 10.6 Å². The average molecular weight is 226 g/mol. The fourth-order valence-electron chi connectivity index (χ4n) is 0.989. The number of aromatic nitrogens is 2. The monoisotopic (exact) mass is 226 g/mol. The van der Waals surface area contributed by atoms with Crippen LogP contribution >= 0.6 is 22.7 Å². The van der Waals surface area contributed by atoms with Gasteiger partial charge in [-0.05, 0) is 0 Å². The maximum absolute atomic E-state index is 5.56. The van der Waals surface area contributed by atoms with Crippen LogP contribution in [0, 0.1) is 0 Å². The van der Waals surface area contributed by atoms with Gasteiger partial charge in [0.1, 0.15) is 0 Å². The fourth-order valence-corrected chi connectivity index (χ4v) is 2.47. The van der Waals surface area contributed by atoms with E-state index in [4.69, 9.17) is 5.73 Å². The molecule has 0 amide bonds. The minimum atomic E-state index is 0.583. The molecule has 2 heterocycles. The van der Waals surface area contributed by atoms with Crippen LogP contribution in [0.3, 0.4) is 0 Å². The average Bonchev–Trinajstić information content (AvgIpc) is 2.70. The molecule has 0 unspecified atom stereocenters. The van der Waals surface area contributed by atoms with Crippen LogP contribution in [0.25, 0.3) is 10.6 Å². The summed E-state index contributed by atoms with van der Waals surface area (Å²) in [4.78, 5) is 11.5. The summed E-state index contributed by atoms with van der Waals surface area (Å²) in [5, 5.41) is 3.59. The van der Waals surface area contributed by atoms with Gasteiger partial charge in [0.15, 0.2) is 10.3 Å². The predicted molar refractivity (Wildman–Crippen MR) is 62.0 cm³/mol. The molecular weight excluding hydrogens is 216 g/mol. The first-order valence-electron chi connectivity index (χ1n) is 4.01. The third-order valence-corrected chi connectivity index (χ3v) is 3.51. The Morgan fingerprint density at radius 2 is 2.21 bits per heavy atom. The van der Waals surface area contributed by atoms with Crippen LogP contribution in [0.4, 0.5) is 10.3 Å². The summed E-state index contributed by atoms with van der Waals surface area (Å²) >= 11 is 3.07. The van der Waals surface area contributed by atoms with Crippen molar-refractivity contribution in [2.75, 3.05) is 24.7 Å². The van der Waals surface area contributed by atoms with Crippen LogP contribution in [-0.4, -0.2) is 24.1 Å². The summed E-state index contributed by atoms with van der Waals surface area (Å²) in [6, 6.07) is 0. The minimum absolute atomic E-state index is 0.583. The van der Waals surface area contributed by atoms with Crippen molar-refractivity contribution in [3.05, 3.63) is 11.6 Å². The number of nitrogens with zero attached hydrogens (tertiary/aromatic N) is 3. The van der Waals surface area contributed by atoms with Crippen molar-refractivity contribution in [3.8, 4) is 10.6 Å². The van der Waals surface area contributed by atoms with Gasteiger partial charge >= 0.3 is 0 Å². The predicted octanol–water partition coefficient (Wildman–Crippen LogP) is 1.91. The van der Waals surface area contributed by atoms with E-state index in [0.717, 1.165) is 15.7 Å². The lowest BCUT2D eigenvalue weighted by atomic mass is 10.4. The highest BCUT2D eigenvalue weighted by molar-refractivity contribution is 7.19. The molecule has 0 saturated carbocycles. The summed E-state index contributed by atoms with van der Waals surface area (Å²) in [5.74, 6) is 0. The zero-order valence-electron chi connectivity index (χ0n) is 7.89. The number of thiazole rings is 2. The first-order chi connectivity index (χ1) is 6.66. The van der Waals surface area contributed by atoms with Crippen molar-refractivity contribution < 1.29 is 0 Å². The van der Waals surface area contributed by atoms with Crippen LogP contribution in [0.1, 0.15) is 0 Å². The second-order valence-electron chi connectivity index (χ2n) is 2.97. The fraction of sp³-hybridized carbons (Fsp3) is 0.250. The smallest absolute Gasteiger partial charge is 0.185 e. The molecule has 74 valence electrons. The molecule has 4 nitrogen and oxygen atoms in total. The molecule has 0 saturated heterocycles. The Labute approximate surface area is 90.0 Å². The second kappa shape index (κ2) is 3.55. The highest BCUT2D eigenvalue weighted by atomic mass is 32.1. The van der Waals surface area contributed by atoms with E-state index >= 15 is 0 Å². The van der Waals surface area contributed by atoms with E-state index in [9.17, 15) is 0 Å². The highest BCUT2D eigenvalue weighted by Crippen LogP contribution is 2.30. The third kappa shape index (κ3) is 1.71. The third-order valence-electron chi connectivity index (χ3n) is 1.65. The molecule has 0 aliphatic heterocycles. The number of hydrogen-bond donors (Lipinski definition) is 1. The zero-order chi connectivity index (χ0) is 10.1. The Kier molecular flexibility index (Phi) is 2.39. The van der Waals surface area contributed by atoms with Crippen LogP contribution in [0.2, 0.25) is 0 Å². The summed E-state index contributed by atoms with van der Waals surface area (Å²) in [6.07, 6.45) is 1.76. The summed E-state index contributed by atoms with van der Waals surface area (Å²) < 4.78 is 0. The van der Waals surface area contributed by atoms with E-state index in [1.807, 2.05) is 24.4 Å². The zero-order valence-corrected chi connectivity index (χ0v) is 9.52. The normalized spacial score (nSPS) is 10.4. The molecule has 0 radical (unpaired) electrons. The Morgan fingerprint density at radius 1 is 1.43 bits per heavy atom. The standard InChI is InChI=1S/C8H10N4S2/c1-12(2)8-11-5(4-13-8)6-3-10-7(9)14-6/h3-4H,1-2H3,(H2,9,10). The van der Waals surface area contributed by atoms with Gasteiger partial charge in [0, 0.05) is 25.7 Å². The van der Waals surface area contributed by atoms with Gasteiger partial charge in [0.2, 0.25) is 0 Å². The van der Waals surface area contributed by atoms with Gasteiger partial charge in [-0.3, -0.25) is 0 Å². The van der Waals surface area contributed by atoms with Crippen molar-refractivity contribution in [1.82, 2.24) is 9.97 Å². The SMILES string of the molecule is CN(C)c1nc(-c2cnc(N)s2)cs1. The van der Waals surface area contributed by atoms with Gasteiger partial charge in [-0.2, -0.15) is 0 Å². The number of nitrogen functional groups attached to an aromatic ring is 1. The Hall–Kier alpha value is -1.14. The van der Waals surface area contributed by atoms with Crippen LogP contribution in [0.5, 0.6) is 0 Å². The molecular formula is C8H10N4S2. The lowest BCUT2D eigenvalue weighted by Crippen LogP contribution is -2.07. The molecule has 0 aromatic carbocycles. The highest BCUT2D eigenvalue weighted by Gasteiger charge is 2.08. The van der Waals surface area contributed by atoms with E-state index in [0.29, 0.717) is 5.13 Å². The van der Waals surface area contributed by atoms with Crippen molar-refractivity contribution >= 4 is 32.9 Å². The van der Waals surface area contributed by atoms with Gasteiger partial charge in [-0.15, -0.1) is 11.3 Å². The van der Waals surface area contributed by atoms with E-state index in [1.165, 1.54) is 11.3 Å². The molecule has 2 aromatic heterocycles. The summed E-state index contributed by atoms with van der Waals surface area (Å²) in [5.41, 5.74) is 6.51. The molecule has 14 heavy (non-hydrogen) atoms. The maximum Gasteiger partial charge on any atom is 0.185 e. The Morgan fingerprint density at radius 3 is 2.71 bits per heavy atom. The van der Waals surface area contributed by atoms with E-state index in [2.05, 4.69) is 9.97 Å². The van der Waals surface area contributed by atoms with Crippen LogP contribution in [0.15, 0.2) is 11.6 Å². The maximum atomic E-state index is 5.56. The minimum Gasteiger partial charge on any atom is -0.375 e. The quantitative estimate of drug-likeness (QED) is 0.850. The molecule has 0 bridgehead atoms. The number of rotatable bonds is 2. The molecule has 2 aromatic rings. The Balaban J connectivity index is 2.33. The van der Waals surface area contributed by atoms with Crippen molar-refractivity contribution in [3.63, 3.8) is 0 Å². The van der Waals surface area contributed by atoms with Crippen LogP contribution < -0.4 is 10.6 Å². The molecule has 0 spiro atoms. The van der Waals surface area contributed by atoms with Gasteiger partial charge in [-0.1, -0.05) is 11.3 Å². The van der Waals surface area contributed by atoms with Gasteiger partial charge in [0.05, 0.1) is 10.6 Å². The van der Waals surface area contributed by atoms with Gasteiger partial charge in [0.25, 0.3) is 0 Å². The molecule has 2 N–H and O–H groups in total. The van der Waals surface area contributed by atoms with E-state index in [1.54, 1.807) is 17.5 Å². The first-order valence-corrected chi connectivity index (χ1v) is 5.71. The summed E-state index contributed by atoms with van der Waals surface area (Å²) in [6.45, 7) is 0. The second-order valence-corrected chi connectivity index (χ2v) is 4.87. The van der Waals surface area contributed by atoms with Crippen molar-refractivity contribution in [2.45, 2.75) is 0 Å².